The maximum Gasteiger partial charge on any atom is 0.451 e. The highest BCUT2D eigenvalue weighted by atomic mass is 32.2. The van der Waals surface area contributed by atoms with Crippen LogP contribution in [0.3, 0.4) is 0 Å². The lowest BCUT2D eigenvalue weighted by Crippen LogP contribution is -2.27. The largest absolute Gasteiger partial charge is 0.451 e. The molecule has 114 valence electrons. The SMILES string of the molecule is CNc1cc(N(C)CCS(C)(=O)=O)nc(C(F)(F)F)n1. The first-order valence-corrected chi connectivity index (χ1v) is 7.62. The number of nitrogens with zero attached hydrogens (tertiary/aromatic N) is 3. The van der Waals surface area contributed by atoms with Crippen LogP contribution < -0.4 is 10.2 Å². The van der Waals surface area contributed by atoms with Crippen LogP contribution in [-0.2, 0) is 16.0 Å². The molecule has 0 spiro atoms. The Hall–Kier alpha value is -1.58. The predicted octanol–water partition coefficient (Wildman–Crippen LogP) is 1.02. The van der Waals surface area contributed by atoms with E-state index in [2.05, 4.69) is 15.3 Å². The van der Waals surface area contributed by atoms with Gasteiger partial charge in [0.05, 0.1) is 5.75 Å². The topological polar surface area (TPSA) is 75.2 Å². The van der Waals surface area contributed by atoms with E-state index in [-0.39, 0.29) is 23.9 Å². The average molecular weight is 312 g/mol. The van der Waals surface area contributed by atoms with E-state index in [4.69, 9.17) is 0 Å². The summed E-state index contributed by atoms with van der Waals surface area (Å²) in [5.74, 6) is -1.44. The van der Waals surface area contributed by atoms with E-state index >= 15 is 0 Å². The zero-order valence-electron chi connectivity index (χ0n) is 11.2. The highest BCUT2D eigenvalue weighted by Crippen LogP contribution is 2.28. The van der Waals surface area contributed by atoms with E-state index in [1.807, 2.05) is 0 Å². The lowest BCUT2D eigenvalue weighted by atomic mass is 10.4. The Balaban J connectivity index is 3.05. The van der Waals surface area contributed by atoms with Crippen molar-refractivity contribution in [1.82, 2.24) is 9.97 Å². The van der Waals surface area contributed by atoms with Gasteiger partial charge in [-0.25, -0.2) is 18.4 Å². The summed E-state index contributed by atoms with van der Waals surface area (Å²) < 4.78 is 60.1. The van der Waals surface area contributed by atoms with Crippen molar-refractivity contribution < 1.29 is 21.6 Å². The predicted molar refractivity (Wildman–Crippen MR) is 69.6 cm³/mol. The fourth-order valence-corrected chi connectivity index (χ4v) is 1.91. The molecule has 1 aromatic rings. The molecule has 1 aromatic heterocycles. The van der Waals surface area contributed by atoms with Gasteiger partial charge in [-0.15, -0.1) is 0 Å². The van der Waals surface area contributed by atoms with Crippen LogP contribution in [0.4, 0.5) is 24.8 Å². The highest BCUT2D eigenvalue weighted by Gasteiger charge is 2.35. The van der Waals surface area contributed by atoms with Crippen LogP contribution in [0.25, 0.3) is 0 Å². The van der Waals surface area contributed by atoms with Crippen molar-refractivity contribution in [3.8, 4) is 0 Å². The van der Waals surface area contributed by atoms with Crippen molar-refractivity contribution in [2.75, 3.05) is 42.9 Å². The molecule has 0 saturated heterocycles. The van der Waals surface area contributed by atoms with Gasteiger partial charge in [0, 0.05) is 33.0 Å². The summed E-state index contributed by atoms with van der Waals surface area (Å²) in [5.41, 5.74) is 0. The Kier molecular flexibility index (Phi) is 4.79. The maximum atomic E-state index is 12.7. The van der Waals surface area contributed by atoms with Gasteiger partial charge in [-0.05, 0) is 0 Å². The average Bonchev–Trinajstić information content (AvgIpc) is 2.33. The van der Waals surface area contributed by atoms with Crippen molar-refractivity contribution in [1.29, 1.82) is 0 Å². The summed E-state index contributed by atoms with van der Waals surface area (Å²) in [6.45, 7) is 0.0380. The summed E-state index contributed by atoms with van der Waals surface area (Å²) in [5, 5.41) is 2.51. The monoisotopic (exact) mass is 312 g/mol. The minimum atomic E-state index is -4.67. The molecule has 0 aliphatic carbocycles. The Morgan fingerprint density at radius 2 is 1.95 bits per heavy atom. The van der Waals surface area contributed by atoms with Crippen LogP contribution in [0.5, 0.6) is 0 Å². The first-order chi connectivity index (χ1) is 9.03. The van der Waals surface area contributed by atoms with Crippen molar-refractivity contribution in [3.63, 3.8) is 0 Å². The van der Waals surface area contributed by atoms with Crippen LogP contribution >= 0.6 is 0 Å². The summed E-state index contributed by atoms with van der Waals surface area (Å²) in [6, 6.07) is 1.32. The van der Waals surface area contributed by atoms with E-state index in [1.165, 1.54) is 25.1 Å². The number of hydrogen-bond donors (Lipinski definition) is 1. The molecule has 0 aliphatic rings. The third kappa shape index (κ3) is 4.83. The minimum Gasteiger partial charge on any atom is -0.373 e. The first kappa shape index (κ1) is 16.5. The number of sulfone groups is 1. The molecule has 6 nitrogen and oxygen atoms in total. The second kappa shape index (κ2) is 5.81. The molecule has 1 rings (SSSR count). The van der Waals surface area contributed by atoms with Crippen LogP contribution in [-0.4, -0.2) is 51.0 Å². The summed E-state index contributed by atoms with van der Waals surface area (Å²) >= 11 is 0. The molecule has 20 heavy (non-hydrogen) atoms. The number of alkyl halides is 3. The molecule has 0 amide bonds. The van der Waals surface area contributed by atoms with E-state index in [0.29, 0.717) is 0 Å². The van der Waals surface area contributed by atoms with Gasteiger partial charge in [0.1, 0.15) is 21.5 Å². The first-order valence-electron chi connectivity index (χ1n) is 5.56. The highest BCUT2D eigenvalue weighted by molar-refractivity contribution is 7.90. The Bertz CT molecular complexity index is 574. The zero-order chi connectivity index (χ0) is 15.6. The summed E-state index contributed by atoms with van der Waals surface area (Å²) in [7, 11) is -0.306. The van der Waals surface area contributed by atoms with Gasteiger partial charge >= 0.3 is 6.18 Å². The van der Waals surface area contributed by atoms with E-state index in [9.17, 15) is 21.6 Å². The standard InChI is InChI=1S/C10H15F3N4O2S/c1-14-7-6-8(16-9(15-7)10(11,12)13)17(2)4-5-20(3,18)19/h6H,4-5H2,1-3H3,(H,14,15,16). The number of halogens is 3. The Labute approximate surface area is 114 Å². The molecule has 0 bridgehead atoms. The van der Waals surface area contributed by atoms with Crippen molar-refractivity contribution in [2.24, 2.45) is 0 Å². The number of nitrogens with one attached hydrogen (secondary N) is 1. The van der Waals surface area contributed by atoms with Crippen LogP contribution in [0.1, 0.15) is 5.82 Å². The summed E-state index contributed by atoms with van der Waals surface area (Å²) in [4.78, 5) is 8.06. The van der Waals surface area contributed by atoms with Gasteiger partial charge < -0.3 is 10.2 Å². The number of aromatic nitrogens is 2. The van der Waals surface area contributed by atoms with E-state index in [0.717, 1.165) is 6.26 Å². The molecule has 0 atom stereocenters. The second-order valence-corrected chi connectivity index (χ2v) is 6.49. The molecule has 0 radical (unpaired) electrons. The molecule has 0 fully saturated rings. The van der Waals surface area contributed by atoms with Gasteiger partial charge in [-0.1, -0.05) is 0 Å². The van der Waals surface area contributed by atoms with Crippen molar-refractivity contribution in [2.45, 2.75) is 6.18 Å². The Morgan fingerprint density at radius 3 is 2.40 bits per heavy atom. The third-order valence-corrected chi connectivity index (χ3v) is 3.34. The molecule has 0 saturated carbocycles. The molecule has 0 unspecified atom stereocenters. The fraction of sp³-hybridized carbons (Fsp3) is 0.600. The van der Waals surface area contributed by atoms with Gasteiger partial charge in [0.25, 0.3) is 0 Å². The molecular weight excluding hydrogens is 297 g/mol. The van der Waals surface area contributed by atoms with Gasteiger partial charge in [0.2, 0.25) is 5.82 Å². The molecule has 1 heterocycles. The molecule has 0 aromatic carbocycles. The lowest BCUT2D eigenvalue weighted by molar-refractivity contribution is -0.144. The van der Waals surface area contributed by atoms with E-state index < -0.39 is 21.8 Å². The minimum absolute atomic E-state index is 0.000301. The molecule has 1 N–H and O–H groups in total. The summed E-state index contributed by atoms with van der Waals surface area (Å²) in [6.07, 6.45) is -3.61. The van der Waals surface area contributed by atoms with Gasteiger partial charge in [-0.2, -0.15) is 13.2 Å². The maximum absolute atomic E-state index is 12.7. The van der Waals surface area contributed by atoms with Crippen LogP contribution in [0.2, 0.25) is 0 Å². The molecule has 10 heteroatoms. The van der Waals surface area contributed by atoms with Gasteiger partial charge in [0.15, 0.2) is 0 Å². The smallest absolute Gasteiger partial charge is 0.373 e. The molecule has 0 aliphatic heterocycles. The quantitative estimate of drug-likeness (QED) is 0.875. The number of hydrogen-bond acceptors (Lipinski definition) is 6. The zero-order valence-corrected chi connectivity index (χ0v) is 12.0. The normalized spacial score (nSPS) is 12.3. The van der Waals surface area contributed by atoms with E-state index in [1.54, 1.807) is 0 Å². The number of anilines is 2. The van der Waals surface area contributed by atoms with Crippen molar-refractivity contribution in [3.05, 3.63) is 11.9 Å². The number of rotatable bonds is 5. The van der Waals surface area contributed by atoms with Crippen molar-refractivity contribution >= 4 is 21.5 Å². The Morgan fingerprint density at radius 1 is 1.35 bits per heavy atom. The second-order valence-electron chi connectivity index (χ2n) is 4.23. The molecular formula is C10H15F3N4O2S. The van der Waals surface area contributed by atoms with Gasteiger partial charge in [-0.3, -0.25) is 0 Å². The lowest BCUT2D eigenvalue weighted by Gasteiger charge is -2.19. The van der Waals surface area contributed by atoms with Crippen LogP contribution in [0.15, 0.2) is 6.07 Å². The van der Waals surface area contributed by atoms with Crippen LogP contribution in [0, 0.1) is 0 Å². The third-order valence-electron chi connectivity index (χ3n) is 2.41. The fourth-order valence-electron chi connectivity index (χ4n) is 1.30.